The Morgan fingerprint density at radius 1 is 1.38 bits per heavy atom. The van der Waals surface area contributed by atoms with Crippen LogP contribution in [0, 0.1) is 0 Å². The van der Waals surface area contributed by atoms with E-state index in [1.165, 1.54) is 0 Å². The highest BCUT2D eigenvalue weighted by atomic mass is 16.1. The summed E-state index contributed by atoms with van der Waals surface area (Å²) in [6.07, 6.45) is 1.14. The van der Waals surface area contributed by atoms with E-state index < -0.39 is 0 Å². The first-order valence-corrected chi connectivity index (χ1v) is 7.61. The molecule has 118 valence electrons. The normalized spacial score (nSPS) is 12.2. The highest BCUT2D eigenvalue weighted by Crippen LogP contribution is 2.19. The van der Waals surface area contributed by atoms with E-state index in [0.717, 1.165) is 25.2 Å². The summed E-state index contributed by atoms with van der Waals surface area (Å²) >= 11 is 0. The van der Waals surface area contributed by atoms with Gasteiger partial charge in [-0.15, -0.1) is 0 Å². The van der Waals surface area contributed by atoms with Gasteiger partial charge in [0.1, 0.15) is 0 Å². The van der Waals surface area contributed by atoms with Crippen LogP contribution in [0.15, 0.2) is 18.2 Å². The highest BCUT2D eigenvalue weighted by Gasteiger charge is 2.08. The minimum Gasteiger partial charge on any atom is -0.397 e. The summed E-state index contributed by atoms with van der Waals surface area (Å²) in [5.74, 6) is -0.0905. The van der Waals surface area contributed by atoms with Crippen LogP contribution in [-0.4, -0.2) is 43.5 Å². The van der Waals surface area contributed by atoms with Crippen LogP contribution in [-0.2, 0) is 0 Å². The van der Waals surface area contributed by atoms with Gasteiger partial charge in [0.05, 0.1) is 11.4 Å². The van der Waals surface area contributed by atoms with E-state index in [-0.39, 0.29) is 5.91 Å². The number of nitrogens with two attached hydrogens (primary N) is 1. The number of carbonyl (C=O) groups is 1. The van der Waals surface area contributed by atoms with E-state index >= 15 is 0 Å². The lowest BCUT2D eigenvalue weighted by molar-refractivity contribution is 0.0956. The maximum Gasteiger partial charge on any atom is 0.251 e. The molecule has 0 saturated heterocycles. The molecule has 0 aromatic heterocycles. The third-order valence-corrected chi connectivity index (χ3v) is 3.77. The first-order valence-electron chi connectivity index (χ1n) is 7.61. The van der Waals surface area contributed by atoms with Gasteiger partial charge in [0.2, 0.25) is 0 Å². The van der Waals surface area contributed by atoms with Gasteiger partial charge in [-0.3, -0.25) is 4.79 Å². The molecule has 0 aliphatic heterocycles. The standard InChI is InChI=1S/C16H28N4O/c1-5-12(3)20(4)10-9-19-15-8-7-13(11-14(15)17)16(21)18-6-2/h7-8,11-12,19H,5-6,9-10,17H2,1-4H3,(H,18,21). The van der Waals surface area contributed by atoms with Gasteiger partial charge >= 0.3 is 0 Å². The molecule has 0 spiro atoms. The molecule has 4 N–H and O–H groups in total. The second-order valence-corrected chi connectivity index (χ2v) is 5.33. The van der Waals surface area contributed by atoms with Crippen molar-refractivity contribution < 1.29 is 4.79 Å². The van der Waals surface area contributed by atoms with E-state index in [9.17, 15) is 4.79 Å². The molecule has 1 unspecified atom stereocenters. The van der Waals surface area contributed by atoms with Gasteiger partial charge in [-0.25, -0.2) is 0 Å². The largest absolute Gasteiger partial charge is 0.397 e. The second kappa shape index (κ2) is 8.52. The molecular formula is C16H28N4O. The Morgan fingerprint density at radius 2 is 2.10 bits per heavy atom. The monoisotopic (exact) mass is 292 g/mol. The Kier molecular flexibility index (Phi) is 7.02. The van der Waals surface area contributed by atoms with Crippen molar-refractivity contribution in [2.24, 2.45) is 0 Å². The predicted octanol–water partition coefficient (Wildman–Crippen LogP) is 2.16. The Hall–Kier alpha value is -1.75. The first kappa shape index (κ1) is 17.3. The van der Waals surface area contributed by atoms with Gasteiger partial charge in [0, 0.05) is 31.2 Å². The number of hydrogen-bond acceptors (Lipinski definition) is 4. The number of carbonyl (C=O) groups excluding carboxylic acids is 1. The van der Waals surface area contributed by atoms with Gasteiger partial charge in [-0.2, -0.15) is 0 Å². The van der Waals surface area contributed by atoms with E-state index in [1.54, 1.807) is 12.1 Å². The predicted molar refractivity (Wildman–Crippen MR) is 89.7 cm³/mol. The number of nitrogen functional groups attached to an aromatic ring is 1. The summed E-state index contributed by atoms with van der Waals surface area (Å²) in [6.45, 7) is 8.69. The smallest absolute Gasteiger partial charge is 0.251 e. The Labute approximate surface area is 127 Å². The third kappa shape index (κ3) is 5.27. The van der Waals surface area contributed by atoms with Crippen LogP contribution in [0.4, 0.5) is 11.4 Å². The summed E-state index contributed by atoms with van der Waals surface area (Å²) in [6, 6.07) is 5.95. The van der Waals surface area contributed by atoms with E-state index in [0.29, 0.717) is 23.8 Å². The molecule has 0 heterocycles. The number of rotatable bonds is 8. The number of amides is 1. The number of nitrogens with one attached hydrogen (secondary N) is 2. The van der Waals surface area contributed by atoms with Crippen LogP contribution in [0.5, 0.6) is 0 Å². The van der Waals surface area contributed by atoms with E-state index in [1.807, 2.05) is 13.0 Å². The van der Waals surface area contributed by atoms with Crippen LogP contribution < -0.4 is 16.4 Å². The molecule has 1 aromatic rings. The van der Waals surface area contributed by atoms with Crippen LogP contribution in [0.25, 0.3) is 0 Å². The molecule has 0 saturated carbocycles. The van der Waals surface area contributed by atoms with Gasteiger partial charge in [-0.05, 0) is 45.5 Å². The molecule has 0 aliphatic rings. The molecule has 1 amide bonds. The van der Waals surface area contributed by atoms with Crippen molar-refractivity contribution in [1.82, 2.24) is 10.2 Å². The average molecular weight is 292 g/mol. The van der Waals surface area contributed by atoms with Crippen molar-refractivity contribution >= 4 is 17.3 Å². The highest BCUT2D eigenvalue weighted by molar-refractivity contribution is 5.96. The van der Waals surface area contributed by atoms with Crippen LogP contribution >= 0.6 is 0 Å². The Balaban J connectivity index is 2.55. The summed E-state index contributed by atoms with van der Waals surface area (Å²) in [5.41, 5.74) is 8.07. The Bertz CT molecular complexity index is 462. The summed E-state index contributed by atoms with van der Waals surface area (Å²) in [5, 5.41) is 6.09. The van der Waals surface area contributed by atoms with E-state index in [2.05, 4.69) is 36.4 Å². The molecule has 0 radical (unpaired) electrons. The van der Waals surface area contributed by atoms with Crippen LogP contribution in [0.3, 0.4) is 0 Å². The molecule has 1 atom stereocenters. The molecule has 1 rings (SSSR count). The fourth-order valence-electron chi connectivity index (χ4n) is 2.03. The number of benzene rings is 1. The maximum atomic E-state index is 11.7. The number of anilines is 2. The van der Waals surface area contributed by atoms with Crippen LogP contribution in [0.1, 0.15) is 37.6 Å². The molecule has 1 aromatic carbocycles. The molecule has 5 heteroatoms. The molecular weight excluding hydrogens is 264 g/mol. The van der Waals surface area contributed by atoms with Crippen molar-refractivity contribution in [2.45, 2.75) is 33.2 Å². The topological polar surface area (TPSA) is 70.4 Å². The quantitative estimate of drug-likeness (QED) is 0.642. The van der Waals surface area contributed by atoms with E-state index in [4.69, 9.17) is 5.73 Å². The zero-order chi connectivity index (χ0) is 15.8. The molecule has 0 bridgehead atoms. The number of likely N-dealkylation sites (N-methyl/N-ethyl adjacent to an activating group) is 1. The SMILES string of the molecule is CCNC(=O)c1ccc(NCCN(C)C(C)CC)c(N)c1. The van der Waals surface area contributed by atoms with Crippen molar-refractivity contribution in [1.29, 1.82) is 0 Å². The second-order valence-electron chi connectivity index (χ2n) is 5.33. The minimum atomic E-state index is -0.0905. The van der Waals surface area contributed by atoms with Crippen molar-refractivity contribution in [3.8, 4) is 0 Å². The van der Waals surface area contributed by atoms with Crippen molar-refractivity contribution in [3.63, 3.8) is 0 Å². The lowest BCUT2D eigenvalue weighted by atomic mass is 10.1. The zero-order valence-electron chi connectivity index (χ0n) is 13.6. The van der Waals surface area contributed by atoms with Gasteiger partial charge in [-0.1, -0.05) is 6.92 Å². The summed E-state index contributed by atoms with van der Waals surface area (Å²) in [4.78, 5) is 14.0. The van der Waals surface area contributed by atoms with Gasteiger partial charge in [0.25, 0.3) is 5.91 Å². The number of nitrogens with zero attached hydrogens (tertiary/aromatic N) is 1. The maximum absolute atomic E-state index is 11.7. The minimum absolute atomic E-state index is 0.0905. The molecule has 5 nitrogen and oxygen atoms in total. The van der Waals surface area contributed by atoms with Crippen molar-refractivity contribution in [3.05, 3.63) is 23.8 Å². The first-order chi connectivity index (χ1) is 9.99. The zero-order valence-corrected chi connectivity index (χ0v) is 13.6. The van der Waals surface area contributed by atoms with Gasteiger partial charge < -0.3 is 21.3 Å². The lowest BCUT2D eigenvalue weighted by Gasteiger charge is -2.23. The Morgan fingerprint density at radius 3 is 2.67 bits per heavy atom. The fraction of sp³-hybridized carbons (Fsp3) is 0.562. The lowest BCUT2D eigenvalue weighted by Crippen LogP contribution is -2.32. The van der Waals surface area contributed by atoms with Crippen molar-refractivity contribution in [2.75, 3.05) is 37.7 Å². The average Bonchev–Trinajstić information content (AvgIpc) is 2.47. The third-order valence-electron chi connectivity index (χ3n) is 3.77. The summed E-state index contributed by atoms with van der Waals surface area (Å²) in [7, 11) is 2.12. The number of hydrogen-bond donors (Lipinski definition) is 3. The molecule has 0 aliphatic carbocycles. The fourth-order valence-corrected chi connectivity index (χ4v) is 2.03. The molecule has 21 heavy (non-hydrogen) atoms. The van der Waals surface area contributed by atoms with Crippen LogP contribution in [0.2, 0.25) is 0 Å². The summed E-state index contributed by atoms with van der Waals surface area (Å²) < 4.78 is 0. The van der Waals surface area contributed by atoms with Gasteiger partial charge in [0.15, 0.2) is 0 Å². The molecule has 0 fully saturated rings.